The number of aromatic nitrogens is 2. The van der Waals surface area contributed by atoms with Crippen LogP contribution in [0.1, 0.15) is 52.5 Å². The van der Waals surface area contributed by atoms with Crippen LogP contribution in [-0.2, 0) is 16.2 Å². The molecule has 0 bridgehead atoms. The van der Waals surface area contributed by atoms with Crippen molar-refractivity contribution >= 4 is 15.9 Å². The Balaban J connectivity index is 1.74. The predicted molar refractivity (Wildman–Crippen MR) is 129 cm³/mol. The molecule has 13 heteroatoms. The van der Waals surface area contributed by atoms with Crippen LogP contribution in [0.5, 0.6) is 0 Å². The van der Waals surface area contributed by atoms with Crippen molar-refractivity contribution in [2.24, 2.45) is 0 Å². The maximum absolute atomic E-state index is 13.4. The average molecular weight is 539 g/mol. The molecule has 9 nitrogen and oxygen atoms in total. The lowest BCUT2D eigenvalue weighted by molar-refractivity contribution is -0.137. The molecule has 1 amide bonds. The number of hydrogen-bond acceptors (Lipinski definition) is 6. The molecule has 0 radical (unpaired) electrons. The summed E-state index contributed by atoms with van der Waals surface area (Å²) in [4.78, 5) is 26.4. The van der Waals surface area contributed by atoms with Crippen molar-refractivity contribution in [1.29, 1.82) is 0 Å². The van der Waals surface area contributed by atoms with E-state index in [4.69, 9.17) is 4.52 Å². The highest BCUT2D eigenvalue weighted by atomic mass is 32.2. The highest BCUT2D eigenvalue weighted by Gasteiger charge is 2.31. The van der Waals surface area contributed by atoms with Gasteiger partial charge in [0, 0.05) is 42.0 Å². The Hall–Kier alpha value is -3.45. The van der Waals surface area contributed by atoms with Crippen molar-refractivity contribution in [2.45, 2.75) is 38.3 Å². The Labute approximate surface area is 210 Å². The van der Waals surface area contributed by atoms with Gasteiger partial charge in [-0.15, -0.1) is 0 Å². The minimum absolute atomic E-state index is 0.0572. The first kappa shape index (κ1) is 26.6. The van der Waals surface area contributed by atoms with E-state index in [1.165, 1.54) is 18.2 Å². The van der Waals surface area contributed by atoms with Gasteiger partial charge in [0.1, 0.15) is 5.56 Å². The van der Waals surface area contributed by atoms with E-state index < -0.39 is 33.2 Å². The first-order valence-corrected chi connectivity index (χ1v) is 13.4. The summed E-state index contributed by atoms with van der Waals surface area (Å²) in [5, 5.41) is 6.62. The number of benzene rings is 1. The smallest absolute Gasteiger partial charge is 0.356 e. The zero-order chi connectivity index (χ0) is 27.0. The summed E-state index contributed by atoms with van der Waals surface area (Å²) in [7, 11) is -3.39. The second-order valence-electron chi connectivity index (χ2n) is 8.91. The van der Waals surface area contributed by atoms with Gasteiger partial charge in [-0.05, 0) is 50.5 Å². The zero-order valence-corrected chi connectivity index (χ0v) is 20.9. The molecule has 0 atom stereocenters. The lowest BCUT2D eigenvalue weighted by Gasteiger charge is -2.17. The van der Waals surface area contributed by atoms with Crippen LogP contribution in [-0.4, -0.2) is 43.4 Å². The van der Waals surface area contributed by atoms with Gasteiger partial charge in [-0.1, -0.05) is 11.2 Å². The molecule has 198 valence electrons. The molecule has 2 aromatic heterocycles. The Morgan fingerprint density at radius 3 is 2.57 bits per heavy atom. The fraction of sp³-hybridized carbons (Fsp3) is 0.375. The van der Waals surface area contributed by atoms with E-state index in [9.17, 15) is 31.2 Å². The van der Waals surface area contributed by atoms with Crippen LogP contribution in [0.15, 0.2) is 45.7 Å². The number of hydrogen-bond donors (Lipinski definition) is 2. The van der Waals surface area contributed by atoms with Gasteiger partial charge in [-0.25, -0.2) is 13.1 Å². The van der Waals surface area contributed by atoms with Gasteiger partial charge in [-0.2, -0.15) is 13.2 Å². The maximum atomic E-state index is 13.4. The molecule has 1 saturated carbocycles. The van der Waals surface area contributed by atoms with Crippen LogP contribution in [0.4, 0.5) is 13.2 Å². The summed E-state index contributed by atoms with van der Waals surface area (Å²) in [6.07, 6.45) is -1.43. The van der Waals surface area contributed by atoms with E-state index in [0.717, 1.165) is 41.5 Å². The summed E-state index contributed by atoms with van der Waals surface area (Å²) < 4.78 is 71.3. The molecule has 0 unspecified atom stereocenters. The summed E-state index contributed by atoms with van der Waals surface area (Å²) >= 11 is 0. The van der Waals surface area contributed by atoms with Crippen molar-refractivity contribution in [1.82, 2.24) is 19.8 Å². The molecular formula is C24H25F3N4O5S. The molecule has 0 aliphatic heterocycles. The molecule has 4 rings (SSSR count). The number of nitrogens with zero attached hydrogens (tertiary/aromatic N) is 2. The predicted octanol–water partition coefficient (Wildman–Crippen LogP) is 3.37. The number of amides is 1. The molecule has 2 N–H and O–H groups in total. The number of carbonyl (C=O) groups is 1. The molecule has 1 aliphatic rings. The average Bonchev–Trinajstić information content (AvgIpc) is 3.55. The summed E-state index contributed by atoms with van der Waals surface area (Å²) in [5.41, 5.74) is -0.783. The molecule has 3 aromatic rings. The fourth-order valence-electron chi connectivity index (χ4n) is 3.88. The minimum atomic E-state index is -4.63. The normalized spacial score (nSPS) is 14.1. The van der Waals surface area contributed by atoms with Gasteiger partial charge >= 0.3 is 6.18 Å². The lowest BCUT2D eigenvalue weighted by atomic mass is 10.1. The van der Waals surface area contributed by atoms with Crippen molar-refractivity contribution in [3.05, 3.63) is 69.3 Å². The topological polar surface area (TPSA) is 123 Å². The van der Waals surface area contributed by atoms with Gasteiger partial charge in [-0.3, -0.25) is 14.2 Å². The van der Waals surface area contributed by atoms with Crippen LogP contribution in [0.2, 0.25) is 0 Å². The Morgan fingerprint density at radius 2 is 1.92 bits per heavy atom. The number of pyridine rings is 1. The number of carbonyl (C=O) groups excluding carboxylic acids is 1. The van der Waals surface area contributed by atoms with Crippen LogP contribution >= 0.6 is 0 Å². The maximum Gasteiger partial charge on any atom is 0.416 e. The molecule has 0 spiro atoms. The highest BCUT2D eigenvalue weighted by molar-refractivity contribution is 7.88. The Kier molecular flexibility index (Phi) is 7.29. The van der Waals surface area contributed by atoms with E-state index in [1.54, 1.807) is 13.0 Å². The van der Waals surface area contributed by atoms with Crippen molar-refractivity contribution in [3.63, 3.8) is 0 Å². The number of nitrogens with one attached hydrogen (secondary N) is 2. The largest absolute Gasteiger partial charge is 0.416 e. The van der Waals surface area contributed by atoms with E-state index in [-0.39, 0.29) is 48.1 Å². The highest BCUT2D eigenvalue weighted by Crippen LogP contribution is 2.41. The van der Waals surface area contributed by atoms with Gasteiger partial charge in [0.15, 0.2) is 5.76 Å². The van der Waals surface area contributed by atoms with Crippen molar-refractivity contribution in [2.75, 3.05) is 19.3 Å². The molecule has 0 saturated heterocycles. The standard InChI is InChI=1S/C24H25F3N4O5S/c1-14-18(21-13-20(30-36-21)15-7-8-15)12-19(22(32)28-9-4-10-29-37(2,34)35)23(33)31(14)17-6-3-5-16(11-17)24(25,26)27/h3,5-6,11-13,15,29H,4,7-10H2,1-2H3,(H,28,32). The van der Waals surface area contributed by atoms with Gasteiger partial charge in [0.05, 0.1) is 17.5 Å². The quantitative estimate of drug-likeness (QED) is 0.403. The first-order chi connectivity index (χ1) is 17.3. The fourth-order valence-corrected chi connectivity index (χ4v) is 4.39. The number of sulfonamides is 1. The Bertz CT molecular complexity index is 1490. The van der Waals surface area contributed by atoms with Crippen LogP contribution in [0, 0.1) is 6.92 Å². The zero-order valence-electron chi connectivity index (χ0n) is 20.1. The second kappa shape index (κ2) is 10.1. The molecule has 2 heterocycles. The molecular weight excluding hydrogens is 513 g/mol. The lowest BCUT2D eigenvalue weighted by Crippen LogP contribution is -2.35. The van der Waals surface area contributed by atoms with Crippen molar-refractivity contribution in [3.8, 4) is 17.0 Å². The van der Waals surface area contributed by atoms with E-state index >= 15 is 0 Å². The molecule has 1 aliphatic carbocycles. The Morgan fingerprint density at radius 1 is 1.19 bits per heavy atom. The van der Waals surface area contributed by atoms with Gasteiger partial charge < -0.3 is 9.84 Å². The van der Waals surface area contributed by atoms with Crippen LogP contribution in [0.25, 0.3) is 17.0 Å². The van der Waals surface area contributed by atoms with Gasteiger partial charge in [0.2, 0.25) is 10.0 Å². The molecule has 1 aromatic carbocycles. The SMILES string of the molecule is Cc1c(-c2cc(C3CC3)no2)cc(C(=O)NCCCNS(C)(=O)=O)c(=O)n1-c1cccc(C(F)(F)F)c1. The third-order valence-electron chi connectivity index (χ3n) is 5.92. The summed E-state index contributed by atoms with van der Waals surface area (Å²) in [5.74, 6) is -0.199. The number of halogens is 3. The first-order valence-electron chi connectivity index (χ1n) is 11.5. The van der Waals surface area contributed by atoms with E-state index in [0.29, 0.717) is 5.56 Å². The van der Waals surface area contributed by atoms with E-state index in [1.807, 2.05) is 0 Å². The second-order valence-corrected chi connectivity index (χ2v) is 10.7. The third kappa shape index (κ3) is 6.28. The summed E-state index contributed by atoms with van der Waals surface area (Å²) in [6.45, 7) is 1.69. The number of alkyl halides is 3. The monoisotopic (exact) mass is 538 g/mol. The van der Waals surface area contributed by atoms with Gasteiger partial charge in [0.25, 0.3) is 11.5 Å². The molecule has 1 fully saturated rings. The van der Waals surface area contributed by atoms with Crippen molar-refractivity contribution < 1.29 is 30.9 Å². The third-order valence-corrected chi connectivity index (χ3v) is 6.65. The summed E-state index contributed by atoms with van der Waals surface area (Å²) in [6, 6.07) is 7.31. The minimum Gasteiger partial charge on any atom is -0.356 e. The van der Waals surface area contributed by atoms with Crippen LogP contribution < -0.4 is 15.6 Å². The van der Waals surface area contributed by atoms with E-state index in [2.05, 4.69) is 15.2 Å². The number of rotatable bonds is 9. The molecule has 37 heavy (non-hydrogen) atoms. The van der Waals surface area contributed by atoms with Crippen LogP contribution in [0.3, 0.4) is 0 Å².